The fourth-order valence-electron chi connectivity index (χ4n) is 2.98. The lowest BCUT2D eigenvalue weighted by Gasteiger charge is -2.16. The van der Waals surface area contributed by atoms with Crippen molar-refractivity contribution >= 4 is 29.0 Å². The number of nitrogens with one attached hydrogen (secondary N) is 2. The van der Waals surface area contributed by atoms with Crippen molar-refractivity contribution in [2.75, 3.05) is 5.32 Å². The fraction of sp³-hybridized carbons (Fsp3) is 0.240. The van der Waals surface area contributed by atoms with E-state index >= 15 is 0 Å². The summed E-state index contributed by atoms with van der Waals surface area (Å²) in [5.74, 6) is 0.291. The molecule has 9 nitrogen and oxygen atoms in total. The lowest BCUT2D eigenvalue weighted by atomic mass is 9.97. The zero-order valence-corrected chi connectivity index (χ0v) is 19.2. The maximum atomic E-state index is 12.4. The number of ether oxygens (including phenoxy) is 2. The third kappa shape index (κ3) is 5.74. The van der Waals surface area contributed by atoms with Crippen LogP contribution in [0.3, 0.4) is 0 Å². The van der Waals surface area contributed by atoms with Crippen molar-refractivity contribution in [3.05, 3.63) is 72.1 Å². The molecule has 174 valence electrons. The second-order valence-corrected chi connectivity index (χ2v) is 8.74. The molecule has 0 aliphatic rings. The summed E-state index contributed by atoms with van der Waals surface area (Å²) in [5.41, 5.74) is 2.05. The Hall–Kier alpha value is -4.27. The molecule has 0 aliphatic heterocycles. The second kappa shape index (κ2) is 9.70. The number of hydrogen-bond acceptors (Lipinski definition) is 7. The first kappa shape index (κ1) is 22.9. The van der Waals surface area contributed by atoms with Gasteiger partial charge in [0.2, 0.25) is 17.7 Å². The highest BCUT2D eigenvalue weighted by molar-refractivity contribution is 5.91. The molecule has 0 atom stereocenters. The van der Waals surface area contributed by atoms with Crippen LogP contribution in [0.2, 0.25) is 0 Å². The first-order valence-electron chi connectivity index (χ1n) is 10.8. The summed E-state index contributed by atoms with van der Waals surface area (Å²) in [6.45, 7) is 5.60. The van der Waals surface area contributed by atoms with Crippen LogP contribution < -0.4 is 14.8 Å². The Kier molecular flexibility index (Phi) is 6.53. The van der Waals surface area contributed by atoms with E-state index in [9.17, 15) is 9.59 Å². The normalized spacial score (nSPS) is 11.3. The number of hydrogen-bond donors (Lipinski definition) is 2. The molecule has 2 heterocycles. The quantitative estimate of drug-likeness (QED) is 0.316. The van der Waals surface area contributed by atoms with Gasteiger partial charge in [-0.2, -0.15) is 9.97 Å². The Morgan fingerprint density at radius 1 is 0.971 bits per heavy atom. The molecular formula is C25H25N5O4. The van der Waals surface area contributed by atoms with Gasteiger partial charge in [-0.15, -0.1) is 0 Å². The van der Waals surface area contributed by atoms with Gasteiger partial charge in [0, 0.05) is 0 Å². The van der Waals surface area contributed by atoms with Crippen LogP contribution in [0.4, 0.5) is 5.95 Å². The second-order valence-electron chi connectivity index (χ2n) is 8.74. The Morgan fingerprint density at radius 2 is 1.71 bits per heavy atom. The number of fused-ring (bicyclic) bond motifs is 1. The van der Waals surface area contributed by atoms with Crippen LogP contribution in [-0.4, -0.2) is 31.8 Å². The molecule has 9 heteroatoms. The van der Waals surface area contributed by atoms with Crippen LogP contribution in [0.15, 0.2) is 60.9 Å². The van der Waals surface area contributed by atoms with Crippen LogP contribution in [-0.2, 0) is 22.6 Å². The number of esters is 1. The standard InChI is InChI=1S/C25H25N5O4/c1-25(2,3)23(32)34-18-11-9-17(10-12-18)14-33-22-20-21(27-15-26-20)29-24(30-22)28-19(31)13-16-7-5-4-6-8-16/h4-12,15H,13-14H2,1-3H3,(H2,26,27,28,29,30,31). The van der Waals surface area contributed by atoms with Gasteiger partial charge >= 0.3 is 5.97 Å². The Bertz CT molecular complexity index is 1290. The Labute approximate surface area is 196 Å². The Balaban J connectivity index is 1.43. The summed E-state index contributed by atoms with van der Waals surface area (Å²) in [6.07, 6.45) is 1.69. The molecule has 4 rings (SSSR count). The number of H-pyrrole nitrogens is 1. The van der Waals surface area contributed by atoms with Crippen molar-refractivity contribution in [2.45, 2.75) is 33.8 Å². The number of imidazole rings is 1. The molecule has 2 aromatic carbocycles. The lowest BCUT2D eigenvalue weighted by molar-refractivity contribution is -0.143. The van der Waals surface area contributed by atoms with Crippen LogP contribution in [0, 0.1) is 5.41 Å². The zero-order chi connectivity index (χ0) is 24.1. The average Bonchev–Trinajstić information content (AvgIpc) is 3.27. The predicted molar refractivity (Wildman–Crippen MR) is 126 cm³/mol. The molecule has 34 heavy (non-hydrogen) atoms. The van der Waals surface area contributed by atoms with Crippen molar-refractivity contribution in [3.8, 4) is 11.6 Å². The van der Waals surface area contributed by atoms with E-state index in [2.05, 4.69) is 25.3 Å². The maximum absolute atomic E-state index is 12.4. The lowest BCUT2D eigenvalue weighted by Crippen LogP contribution is -2.25. The zero-order valence-electron chi connectivity index (χ0n) is 19.2. The number of amides is 1. The molecule has 1 amide bonds. The van der Waals surface area contributed by atoms with Gasteiger partial charge in [0.1, 0.15) is 17.9 Å². The van der Waals surface area contributed by atoms with E-state index in [4.69, 9.17) is 9.47 Å². The predicted octanol–water partition coefficient (Wildman–Crippen LogP) is 4.06. The van der Waals surface area contributed by atoms with Gasteiger partial charge in [-0.05, 0) is 44.0 Å². The van der Waals surface area contributed by atoms with E-state index in [0.717, 1.165) is 11.1 Å². The number of carbonyl (C=O) groups is 2. The summed E-state index contributed by atoms with van der Waals surface area (Å²) in [4.78, 5) is 40.2. The molecule has 0 unspecified atom stereocenters. The monoisotopic (exact) mass is 459 g/mol. The van der Waals surface area contributed by atoms with Crippen molar-refractivity contribution < 1.29 is 19.1 Å². The van der Waals surface area contributed by atoms with E-state index in [1.807, 2.05) is 30.3 Å². The first-order valence-corrected chi connectivity index (χ1v) is 10.8. The van der Waals surface area contributed by atoms with Crippen LogP contribution >= 0.6 is 0 Å². The SMILES string of the molecule is CC(C)(C)C(=O)Oc1ccc(COc2nc(NC(=O)Cc3ccccc3)nc3nc[nH]c23)cc1. The summed E-state index contributed by atoms with van der Waals surface area (Å²) < 4.78 is 11.3. The minimum atomic E-state index is -0.585. The van der Waals surface area contributed by atoms with Crippen molar-refractivity contribution in [1.82, 2.24) is 19.9 Å². The molecule has 0 saturated heterocycles. The molecule has 0 radical (unpaired) electrons. The maximum Gasteiger partial charge on any atom is 0.316 e. The highest BCUT2D eigenvalue weighted by Crippen LogP contribution is 2.23. The van der Waals surface area contributed by atoms with Gasteiger partial charge in [-0.3, -0.25) is 14.9 Å². The molecule has 0 aliphatic carbocycles. The van der Waals surface area contributed by atoms with Gasteiger partial charge in [0.05, 0.1) is 18.2 Å². The molecule has 2 N–H and O–H groups in total. The fourth-order valence-corrected chi connectivity index (χ4v) is 2.98. The topological polar surface area (TPSA) is 119 Å². The summed E-state index contributed by atoms with van der Waals surface area (Å²) in [6, 6.07) is 16.4. The highest BCUT2D eigenvalue weighted by atomic mass is 16.5. The number of nitrogens with zero attached hydrogens (tertiary/aromatic N) is 3. The van der Waals surface area contributed by atoms with Crippen molar-refractivity contribution in [3.63, 3.8) is 0 Å². The van der Waals surface area contributed by atoms with Gasteiger partial charge in [-0.1, -0.05) is 42.5 Å². The van der Waals surface area contributed by atoms with Crippen molar-refractivity contribution in [1.29, 1.82) is 0 Å². The number of benzene rings is 2. The molecule has 0 saturated carbocycles. The molecule has 0 fully saturated rings. The third-order valence-corrected chi connectivity index (χ3v) is 4.83. The summed E-state index contributed by atoms with van der Waals surface area (Å²) in [5, 5.41) is 2.71. The van der Waals surface area contributed by atoms with E-state index in [-0.39, 0.29) is 36.7 Å². The molecule has 0 bridgehead atoms. The van der Waals surface area contributed by atoms with Crippen LogP contribution in [0.1, 0.15) is 31.9 Å². The highest BCUT2D eigenvalue weighted by Gasteiger charge is 2.23. The molecule has 2 aromatic heterocycles. The smallest absolute Gasteiger partial charge is 0.316 e. The summed E-state index contributed by atoms with van der Waals surface area (Å²) >= 11 is 0. The number of carbonyl (C=O) groups excluding carboxylic acids is 2. The van der Waals surface area contributed by atoms with Crippen molar-refractivity contribution in [2.24, 2.45) is 5.41 Å². The minimum absolute atomic E-state index is 0.111. The largest absolute Gasteiger partial charge is 0.471 e. The molecule has 0 spiro atoms. The number of rotatable bonds is 7. The Morgan fingerprint density at radius 3 is 2.41 bits per heavy atom. The molecule has 4 aromatic rings. The van der Waals surface area contributed by atoms with Gasteiger partial charge < -0.3 is 14.5 Å². The van der Waals surface area contributed by atoms with E-state index in [1.54, 1.807) is 45.0 Å². The van der Waals surface area contributed by atoms with Gasteiger partial charge in [0.25, 0.3) is 0 Å². The van der Waals surface area contributed by atoms with Crippen LogP contribution in [0.25, 0.3) is 11.2 Å². The van der Waals surface area contributed by atoms with Crippen LogP contribution in [0.5, 0.6) is 11.6 Å². The molecular weight excluding hydrogens is 434 g/mol. The van der Waals surface area contributed by atoms with Gasteiger partial charge in [0.15, 0.2) is 5.65 Å². The van der Waals surface area contributed by atoms with Gasteiger partial charge in [-0.25, -0.2) is 4.98 Å². The first-order chi connectivity index (χ1) is 16.3. The van der Waals surface area contributed by atoms with E-state index in [0.29, 0.717) is 16.9 Å². The van der Waals surface area contributed by atoms with E-state index in [1.165, 1.54) is 6.33 Å². The van der Waals surface area contributed by atoms with E-state index < -0.39 is 5.41 Å². The average molecular weight is 460 g/mol. The summed E-state index contributed by atoms with van der Waals surface area (Å²) in [7, 11) is 0. The third-order valence-electron chi connectivity index (χ3n) is 4.83. The number of aromatic amines is 1. The minimum Gasteiger partial charge on any atom is -0.471 e. The number of anilines is 1. The number of aromatic nitrogens is 4.